The molecule has 4 bridgehead atoms. The molecule has 7 aromatic rings. The van der Waals surface area contributed by atoms with Gasteiger partial charge in [0, 0.05) is 16.5 Å². The van der Waals surface area contributed by atoms with Crippen LogP contribution in [0.5, 0.6) is 0 Å². The summed E-state index contributed by atoms with van der Waals surface area (Å²) in [7, 11) is -2.63. The van der Waals surface area contributed by atoms with Gasteiger partial charge in [-0.15, -0.1) is 0 Å². The van der Waals surface area contributed by atoms with Crippen molar-refractivity contribution in [2.45, 2.75) is 43.9 Å². The summed E-state index contributed by atoms with van der Waals surface area (Å²) in [4.78, 5) is 0. The van der Waals surface area contributed by atoms with Gasteiger partial charge in [0.2, 0.25) is 0 Å². The Morgan fingerprint density at radius 2 is 0.917 bits per heavy atom. The predicted octanol–water partition coefficient (Wildman–Crippen LogP) is 8.63. The first-order chi connectivity index (χ1) is 23.7. The van der Waals surface area contributed by atoms with Crippen LogP contribution in [0.4, 0.5) is 0 Å². The van der Waals surface area contributed by atoms with Crippen LogP contribution >= 0.6 is 0 Å². The number of aromatic nitrogens is 1. The number of hydrogen-bond acceptors (Lipinski definition) is 0. The minimum atomic E-state index is -2.63. The minimum absolute atomic E-state index is 0.420. The van der Waals surface area contributed by atoms with E-state index in [1.54, 1.807) is 5.56 Å². The van der Waals surface area contributed by atoms with Crippen molar-refractivity contribution in [1.29, 1.82) is 0 Å². The molecule has 0 atom stereocenters. The Kier molecular flexibility index (Phi) is 6.46. The van der Waals surface area contributed by atoms with Crippen LogP contribution in [0.1, 0.15) is 44.1 Å². The van der Waals surface area contributed by atoms with E-state index >= 15 is 0 Å². The summed E-state index contributed by atoms with van der Waals surface area (Å²) in [5, 5.41) is 8.28. The molecule has 0 amide bonds. The van der Waals surface area contributed by atoms with Gasteiger partial charge in [0.1, 0.15) is 0 Å². The van der Waals surface area contributed by atoms with Gasteiger partial charge < -0.3 is 4.57 Å². The standard InChI is InChI=1S/C46H41NSi/c1-4-12-38(13-5-1)48(39-14-6-2-7-15-39,40-16-8-3-9-17-40)41-24-25-45-43(29-41)42-18-10-11-19-44(42)47(45)37-22-20-36(21-23-37)46-30-33-26-34(31-46)28-35(27-33)32-46/h1-25,29,33-35H,26-28,30-32H2. The molecule has 1 aromatic heterocycles. The normalized spacial score (nSPS) is 23.2. The zero-order valence-electron chi connectivity index (χ0n) is 27.4. The van der Waals surface area contributed by atoms with Crippen LogP contribution in [0.2, 0.25) is 0 Å². The number of nitrogens with zero attached hydrogens (tertiary/aromatic N) is 1. The molecule has 1 heterocycles. The number of hydrogen-bond donors (Lipinski definition) is 0. The fourth-order valence-corrected chi connectivity index (χ4v) is 15.7. The Labute approximate surface area is 284 Å². The van der Waals surface area contributed by atoms with E-state index in [0.717, 1.165) is 17.8 Å². The molecule has 0 spiro atoms. The lowest BCUT2D eigenvalue weighted by atomic mass is 9.48. The Balaban J connectivity index is 1.16. The van der Waals surface area contributed by atoms with Crippen LogP contribution in [-0.2, 0) is 5.41 Å². The van der Waals surface area contributed by atoms with Crippen molar-refractivity contribution in [3.8, 4) is 5.69 Å². The van der Waals surface area contributed by atoms with Crippen molar-refractivity contribution in [2.24, 2.45) is 17.8 Å². The Morgan fingerprint density at radius 3 is 1.46 bits per heavy atom. The molecule has 0 N–H and O–H groups in total. The molecule has 0 saturated heterocycles. The third-order valence-electron chi connectivity index (χ3n) is 12.5. The highest BCUT2D eigenvalue weighted by Gasteiger charge is 2.51. The van der Waals surface area contributed by atoms with E-state index in [0.29, 0.717) is 5.41 Å². The molecular weight excluding hydrogens is 595 g/mol. The van der Waals surface area contributed by atoms with Gasteiger partial charge in [-0.1, -0.05) is 133 Å². The Hall–Kier alpha value is -4.66. The maximum Gasteiger partial charge on any atom is 0.179 e. The molecule has 6 aromatic carbocycles. The second-order valence-electron chi connectivity index (χ2n) is 15.2. The van der Waals surface area contributed by atoms with Crippen molar-refractivity contribution in [3.05, 3.63) is 163 Å². The van der Waals surface area contributed by atoms with Crippen LogP contribution in [0.25, 0.3) is 27.5 Å². The highest BCUT2D eigenvalue weighted by Crippen LogP contribution is 2.60. The summed E-state index contributed by atoms with van der Waals surface area (Å²) >= 11 is 0. The Bertz CT molecular complexity index is 2120. The first-order valence-corrected chi connectivity index (χ1v) is 20.0. The van der Waals surface area contributed by atoms with Gasteiger partial charge in [-0.05, 0) is 112 Å². The second kappa shape index (κ2) is 10.9. The third-order valence-corrected chi connectivity index (χ3v) is 17.3. The summed E-state index contributed by atoms with van der Waals surface area (Å²) in [6.07, 6.45) is 8.70. The lowest BCUT2D eigenvalue weighted by Crippen LogP contribution is -2.74. The highest BCUT2D eigenvalue weighted by molar-refractivity contribution is 7.20. The van der Waals surface area contributed by atoms with Crippen molar-refractivity contribution in [3.63, 3.8) is 0 Å². The molecule has 4 saturated carbocycles. The maximum absolute atomic E-state index is 2.63. The average molecular weight is 636 g/mol. The lowest BCUT2D eigenvalue weighted by molar-refractivity contribution is -0.00518. The van der Waals surface area contributed by atoms with Gasteiger partial charge in [-0.25, -0.2) is 0 Å². The van der Waals surface area contributed by atoms with Crippen LogP contribution in [0.3, 0.4) is 0 Å². The van der Waals surface area contributed by atoms with Gasteiger partial charge in [-0.2, -0.15) is 0 Å². The smallest absolute Gasteiger partial charge is 0.179 e. The fraction of sp³-hybridized carbons (Fsp3) is 0.217. The molecule has 1 nitrogen and oxygen atoms in total. The SMILES string of the molecule is c1ccc([Si](c2ccccc2)(c2ccccc2)c2ccc3c(c2)c2ccccc2n3-c2ccc(C34CC5CC(CC(C5)C3)C4)cc2)cc1. The predicted molar refractivity (Wildman–Crippen MR) is 204 cm³/mol. The topological polar surface area (TPSA) is 4.93 Å². The highest BCUT2D eigenvalue weighted by atomic mass is 28.3. The molecule has 0 aliphatic heterocycles. The largest absolute Gasteiger partial charge is 0.309 e. The van der Waals surface area contributed by atoms with Gasteiger partial charge in [-0.3, -0.25) is 0 Å². The molecular formula is C46H41NSi. The monoisotopic (exact) mass is 635 g/mol. The zero-order valence-corrected chi connectivity index (χ0v) is 28.4. The fourth-order valence-electron chi connectivity index (χ4n) is 11.0. The summed E-state index contributed by atoms with van der Waals surface area (Å²) in [5.41, 5.74) is 5.83. The van der Waals surface area contributed by atoms with E-state index in [9.17, 15) is 0 Å². The lowest BCUT2D eigenvalue weighted by Gasteiger charge is -2.57. The van der Waals surface area contributed by atoms with Gasteiger partial charge in [0.15, 0.2) is 8.07 Å². The molecule has 0 unspecified atom stereocenters. The van der Waals surface area contributed by atoms with Crippen LogP contribution in [0.15, 0.2) is 158 Å². The number of fused-ring (bicyclic) bond motifs is 3. The maximum atomic E-state index is 2.54. The minimum Gasteiger partial charge on any atom is -0.309 e. The number of benzene rings is 6. The summed E-state index contributed by atoms with van der Waals surface area (Å²) in [6.45, 7) is 0. The molecule has 2 heteroatoms. The Morgan fingerprint density at radius 1 is 0.438 bits per heavy atom. The van der Waals surface area contributed by atoms with E-state index in [-0.39, 0.29) is 0 Å². The van der Waals surface area contributed by atoms with E-state index < -0.39 is 8.07 Å². The first kappa shape index (κ1) is 28.4. The zero-order chi connectivity index (χ0) is 31.7. The molecule has 234 valence electrons. The summed E-state index contributed by atoms with van der Waals surface area (Å²) < 4.78 is 2.51. The molecule has 4 fully saturated rings. The molecule has 4 aliphatic carbocycles. The first-order valence-electron chi connectivity index (χ1n) is 18.0. The van der Waals surface area contributed by atoms with Gasteiger partial charge in [0.25, 0.3) is 0 Å². The molecule has 11 rings (SSSR count). The van der Waals surface area contributed by atoms with E-state index in [2.05, 4.69) is 162 Å². The second-order valence-corrected chi connectivity index (χ2v) is 19.0. The quantitative estimate of drug-likeness (QED) is 0.127. The van der Waals surface area contributed by atoms with Crippen LogP contribution in [-0.4, -0.2) is 12.6 Å². The van der Waals surface area contributed by atoms with Crippen molar-refractivity contribution in [1.82, 2.24) is 4.57 Å². The number of rotatable bonds is 6. The van der Waals surface area contributed by atoms with E-state index in [1.165, 1.54) is 86.8 Å². The van der Waals surface area contributed by atoms with E-state index in [4.69, 9.17) is 0 Å². The van der Waals surface area contributed by atoms with Crippen molar-refractivity contribution in [2.75, 3.05) is 0 Å². The van der Waals surface area contributed by atoms with Crippen LogP contribution < -0.4 is 20.7 Å². The van der Waals surface area contributed by atoms with Crippen molar-refractivity contribution >= 4 is 50.6 Å². The van der Waals surface area contributed by atoms with Crippen molar-refractivity contribution < 1.29 is 0 Å². The van der Waals surface area contributed by atoms with Crippen LogP contribution in [0, 0.1) is 17.8 Å². The van der Waals surface area contributed by atoms with E-state index in [1.807, 2.05) is 0 Å². The average Bonchev–Trinajstić information content (AvgIpc) is 3.47. The van der Waals surface area contributed by atoms with Gasteiger partial charge >= 0.3 is 0 Å². The summed E-state index contributed by atoms with van der Waals surface area (Å²) in [6, 6.07) is 60.0. The number of para-hydroxylation sites is 1. The molecule has 48 heavy (non-hydrogen) atoms. The molecule has 0 radical (unpaired) electrons. The molecule has 4 aliphatic rings. The summed E-state index contributed by atoms with van der Waals surface area (Å²) in [5.74, 6) is 2.88. The third kappa shape index (κ3) is 4.21. The van der Waals surface area contributed by atoms with Gasteiger partial charge in [0.05, 0.1) is 11.0 Å².